The average molecular weight is 213 g/mol. The Balaban J connectivity index is 2.51. The first-order valence-electron chi connectivity index (χ1n) is 5.72. The molecule has 0 aromatic carbocycles. The van der Waals surface area contributed by atoms with Crippen molar-refractivity contribution >= 4 is 5.91 Å². The van der Waals surface area contributed by atoms with Crippen LogP contribution in [0.2, 0.25) is 0 Å². The van der Waals surface area contributed by atoms with E-state index >= 15 is 0 Å². The number of rotatable bonds is 4. The number of hydrogen-bond acceptors (Lipinski definition) is 3. The second kappa shape index (κ2) is 4.49. The lowest BCUT2D eigenvalue weighted by molar-refractivity contribution is -0.127. The fourth-order valence-electron chi connectivity index (χ4n) is 1.94. The Bertz CT molecular complexity index is 226. The Kier molecular flexibility index (Phi) is 3.73. The van der Waals surface area contributed by atoms with E-state index in [4.69, 9.17) is 5.73 Å². The van der Waals surface area contributed by atoms with Gasteiger partial charge in [-0.25, -0.2) is 0 Å². The Labute approximate surface area is 92.0 Å². The van der Waals surface area contributed by atoms with Crippen molar-refractivity contribution in [3.63, 3.8) is 0 Å². The number of nitrogens with one attached hydrogen (secondary N) is 2. The number of hydrogen-bond donors (Lipinski definition) is 3. The van der Waals surface area contributed by atoms with Crippen LogP contribution in [0.25, 0.3) is 0 Å². The predicted octanol–water partition coefficient (Wildman–Crippen LogP) is 0.372. The van der Waals surface area contributed by atoms with Gasteiger partial charge in [-0.05, 0) is 39.7 Å². The Hall–Kier alpha value is -0.610. The zero-order valence-corrected chi connectivity index (χ0v) is 10.0. The Morgan fingerprint density at radius 2 is 2.27 bits per heavy atom. The van der Waals surface area contributed by atoms with Gasteiger partial charge in [-0.3, -0.25) is 4.79 Å². The molecule has 1 rings (SSSR count). The summed E-state index contributed by atoms with van der Waals surface area (Å²) in [5, 5.41) is 6.23. The summed E-state index contributed by atoms with van der Waals surface area (Å²) in [6, 6.07) is 0. The van der Waals surface area contributed by atoms with Gasteiger partial charge >= 0.3 is 0 Å². The molecule has 1 aliphatic heterocycles. The van der Waals surface area contributed by atoms with Crippen molar-refractivity contribution in [2.45, 2.75) is 51.1 Å². The van der Waals surface area contributed by atoms with Gasteiger partial charge < -0.3 is 16.4 Å². The monoisotopic (exact) mass is 213 g/mol. The van der Waals surface area contributed by atoms with Gasteiger partial charge in [0.05, 0.1) is 5.54 Å². The molecule has 1 unspecified atom stereocenters. The second-order valence-corrected chi connectivity index (χ2v) is 5.14. The van der Waals surface area contributed by atoms with E-state index in [-0.39, 0.29) is 17.0 Å². The standard InChI is InChI=1S/C11H23N3O/c1-4-11(6-5-7-14-11)9(15)13-8-10(2,3)12/h14H,4-8,12H2,1-3H3,(H,13,15). The molecular formula is C11H23N3O. The Morgan fingerprint density at radius 1 is 1.60 bits per heavy atom. The third kappa shape index (κ3) is 3.18. The van der Waals surface area contributed by atoms with Gasteiger partial charge in [0.15, 0.2) is 0 Å². The lowest BCUT2D eigenvalue weighted by Gasteiger charge is -2.29. The summed E-state index contributed by atoms with van der Waals surface area (Å²) in [4.78, 5) is 12.0. The van der Waals surface area contributed by atoms with Crippen LogP contribution in [0.5, 0.6) is 0 Å². The third-order valence-electron chi connectivity index (χ3n) is 2.99. The zero-order chi connectivity index (χ0) is 11.5. The van der Waals surface area contributed by atoms with Crippen LogP contribution in [0, 0.1) is 0 Å². The van der Waals surface area contributed by atoms with Crippen molar-refractivity contribution in [2.24, 2.45) is 5.73 Å². The molecule has 88 valence electrons. The minimum absolute atomic E-state index is 0.0982. The Morgan fingerprint density at radius 3 is 2.67 bits per heavy atom. The predicted molar refractivity (Wildman–Crippen MR) is 61.5 cm³/mol. The maximum atomic E-state index is 12.0. The highest BCUT2D eigenvalue weighted by atomic mass is 16.2. The van der Waals surface area contributed by atoms with Crippen molar-refractivity contribution in [1.82, 2.24) is 10.6 Å². The minimum atomic E-state index is -0.344. The van der Waals surface area contributed by atoms with Crippen LogP contribution in [0.3, 0.4) is 0 Å². The molecule has 1 saturated heterocycles. The molecule has 1 aliphatic rings. The molecule has 4 nitrogen and oxygen atoms in total. The summed E-state index contributed by atoms with van der Waals surface area (Å²) in [6.45, 7) is 7.33. The van der Waals surface area contributed by atoms with Crippen LogP contribution in [-0.4, -0.2) is 30.1 Å². The summed E-state index contributed by atoms with van der Waals surface area (Å²) in [5.41, 5.74) is 5.15. The molecule has 1 fully saturated rings. The molecule has 1 atom stereocenters. The van der Waals surface area contributed by atoms with Gasteiger partial charge in [0.25, 0.3) is 0 Å². The first kappa shape index (κ1) is 12.5. The lowest BCUT2D eigenvalue weighted by atomic mass is 9.92. The van der Waals surface area contributed by atoms with Crippen LogP contribution in [0.1, 0.15) is 40.0 Å². The third-order valence-corrected chi connectivity index (χ3v) is 2.99. The molecule has 4 N–H and O–H groups in total. The molecule has 1 amide bonds. The van der Waals surface area contributed by atoms with Crippen LogP contribution < -0.4 is 16.4 Å². The molecule has 1 heterocycles. The van der Waals surface area contributed by atoms with Crippen LogP contribution >= 0.6 is 0 Å². The fraction of sp³-hybridized carbons (Fsp3) is 0.909. The van der Waals surface area contributed by atoms with Crippen molar-refractivity contribution in [3.8, 4) is 0 Å². The number of nitrogens with two attached hydrogens (primary N) is 1. The highest BCUT2D eigenvalue weighted by Gasteiger charge is 2.39. The van der Waals surface area contributed by atoms with Crippen LogP contribution in [-0.2, 0) is 4.79 Å². The maximum absolute atomic E-state index is 12.0. The van der Waals surface area contributed by atoms with Crippen molar-refractivity contribution in [3.05, 3.63) is 0 Å². The quantitative estimate of drug-likeness (QED) is 0.632. The van der Waals surface area contributed by atoms with Crippen LogP contribution in [0.4, 0.5) is 0 Å². The van der Waals surface area contributed by atoms with Gasteiger partial charge in [0.2, 0.25) is 5.91 Å². The molecule has 0 saturated carbocycles. The van der Waals surface area contributed by atoms with E-state index in [0.717, 1.165) is 25.8 Å². The number of carbonyl (C=O) groups excluding carboxylic acids is 1. The smallest absolute Gasteiger partial charge is 0.240 e. The second-order valence-electron chi connectivity index (χ2n) is 5.14. The zero-order valence-electron chi connectivity index (χ0n) is 10.0. The van der Waals surface area contributed by atoms with Gasteiger partial charge in [-0.2, -0.15) is 0 Å². The largest absolute Gasteiger partial charge is 0.353 e. The molecule has 0 radical (unpaired) electrons. The summed E-state index contributed by atoms with van der Waals surface area (Å²) < 4.78 is 0. The van der Waals surface area contributed by atoms with Crippen molar-refractivity contribution in [1.29, 1.82) is 0 Å². The summed E-state index contributed by atoms with van der Waals surface area (Å²) in [5.74, 6) is 0.0982. The molecule has 15 heavy (non-hydrogen) atoms. The van der Waals surface area contributed by atoms with Crippen molar-refractivity contribution in [2.75, 3.05) is 13.1 Å². The van der Waals surface area contributed by atoms with Gasteiger partial charge in [0.1, 0.15) is 0 Å². The maximum Gasteiger partial charge on any atom is 0.240 e. The first-order valence-corrected chi connectivity index (χ1v) is 5.72. The summed E-state index contributed by atoms with van der Waals surface area (Å²) in [7, 11) is 0. The van der Waals surface area contributed by atoms with Gasteiger partial charge in [-0.15, -0.1) is 0 Å². The minimum Gasteiger partial charge on any atom is -0.353 e. The fourth-order valence-corrected chi connectivity index (χ4v) is 1.94. The number of amides is 1. The molecule has 0 bridgehead atoms. The van der Waals surface area contributed by atoms with Gasteiger partial charge in [0, 0.05) is 12.1 Å². The van der Waals surface area contributed by atoms with E-state index in [0.29, 0.717) is 6.54 Å². The van der Waals surface area contributed by atoms with E-state index in [2.05, 4.69) is 10.6 Å². The SMILES string of the molecule is CCC1(C(=O)NCC(C)(C)N)CCCN1. The molecule has 0 aromatic rings. The molecule has 0 aromatic heterocycles. The van der Waals surface area contributed by atoms with E-state index in [1.54, 1.807) is 0 Å². The summed E-state index contributed by atoms with van der Waals surface area (Å²) >= 11 is 0. The number of carbonyl (C=O) groups is 1. The average Bonchev–Trinajstić information content (AvgIpc) is 2.62. The van der Waals surface area contributed by atoms with Crippen LogP contribution in [0.15, 0.2) is 0 Å². The van der Waals surface area contributed by atoms with E-state index < -0.39 is 0 Å². The normalized spacial score (nSPS) is 26.7. The molecule has 4 heteroatoms. The van der Waals surface area contributed by atoms with E-state index in [1.807, 2.05) is 20.8 Å². The highest BCUT2D eigenvalue weighted by molar-refractivity contribution is 5.86. The highest BCUT2D eigenvalue weighted by Crippen LogP contribution is 2.23. The van der Waals surface area contributed by atoms with Crippen molar-refractivity contribution < 1.29 is 4.79 Å². The lowest BCUT2D eigenvalue weighted by Crippen LogP contribution is -2.56. The van der Waals surface area contributed by atoms with Gasteiger partial charge in [-0.1, -0.05) is 6.92 Å². The van der Waals surface area contributed by atoms with E-state index in [9.17, 15) is 4.79 Å². The molecular weight excluding hydrogens is 190 g/mol. The first-order chi connectivity index (χ1) is 6.90. The summed E-state index contributed by atoms with van der Waals surface area (Å²) in [6.07, 6.45) is 2.84. The topological polar surface area (TPSA) is 67.2 Å². The molecule has 0 spiro atoms. The van der Waals surface area contributed by atoms with E-state index in [1.165, 1.54) is 0 Å². The molecule has 0 aliphatic carbocycles.